The van der Waals surface area contributed by atoms with E-state index < -0.39 is 5.91 Å². The van der Waals surface area contributed by atoms with Gasteiger partial charge in [-0.3, -0.25) is 4.79 Å². The van der Waals surface area contributed by atoms with Gasteiger partial charge in [0.2, 0.25) is 0 Å². The van der Waals surface area contributed by atoms with Crippen molar-refractivity contribution < 1.29 is 9.53 Å². The normalized spacial score (nSPS) is 12.2. The number of rotatable bonds is 6. The largest absolute Gasteiger partial charge is 0.384 e. The molecule has 0 saturated carbocycles. The van der Waals surface area contributed by atoms with Crippen LogP contribution in [0.15, 0.2) is 12.3 Å². The Morgan fingerprint density at radius 1 is 1.61 bits per heavy atom. The molecule has 1 aromatic heterocycles. The molecule has 1 heterocycles. The second kappa shape index (κ2) is 6.20. The van der Waals surface area contributed by atoms with Crippen molar-refractivity contribution in [3.8, 4) is 0 Å². The van der Waals surface area contributed by atoms with Crippen LogP contribution in [0.25, 0.3) is 0 Å². The highest BCUT2D eigenvalue weighted by atomic mass is 16.5. The fourth-order valence-corrected chi connectivity index (χ4v) is 1.94. The highest BCUT2D eigenvalue weighted by Crippen LogP contribution is 2.23. The van der Waals surface area contributed by atoms with Gasteiger partial charge in [-0.1, -0.05) is 0 Å². The predicted molar refractivity (Wildman–Crippen MR) is 71.5 cm³/mol. The highest BCUT2D eigenvalue weighted by molar-refractivity contribution is 5.99. The van der Waals surface area contributed by atoms with E-state index in [4.69, 9.17) is 16.2 Å². The minimum atomic E-state index is -0.512. The fraction of sp³-hybridized carbons (Fsp3) is 0.500. The van der Waals surface area contributed by atoms with Crippen LogP contribution in [0.5, 0.6) is 0 Å². The summed E-state index contributed by atoms with van der Waals surface area (Å²) in [6.45, 7) is 5.27. The van der Waals surface area contributed by atoms with Gasteiger partial charge in [0.05, 0.1) is 24.1 Å². The summed E-state index contributed by atoms with van der Waals surface area (Å²) in [6, 6.07) is 1.61. The Labute approximate surface area is 107 Å². The molecule has 0 aliphatic carbocycles. The summed E-state index contributed by atoms with van der Waals surface area (Å²) in [5.74, 6) is -0.231. The Morgan fingerprint density at radius 3 is 2.78 bits per heavy atom. The molecule has 1 unspecified atom stereocenters. The van der Waals surface area contributed by atoms with Crippen molar-refractivity contribution in [2.24, 2.45) is 5.73 Å². The Kier molecular flexibility index (Phi) is 4.91. The van der Waals surface area contributed by atoms with E-state index in [2.05, 4.69) is 4.98 Å². The number of amides is 1. The van der Waals surface area contributed by atoms with Crippen LogP contribution in [0.2, 0.25) is 0 Å². The number of carbonyl (C=O) groups is 1. The number of hydrogen-bond donors (Lipinski definition) is 2. The van der Waals surface area contributed by atoms with Gasteiger partial charge in [0.15, 0.2) is 0 Å². The molecule has 100 valence electrons. The summed E-state index contributed by atoms with van der Waals surface area (Å²) < 4.78 is 5.13. The van der Waals surface area contributed by atoms with Gasteiger partial charge in [-0.2, -0.15) is 0 Å². The molecular weight excluding hydrogens is 232 g/mol. The lowest BCUT2D eigenvalue weighted by atomic mass is 10.1. The lowest BCUT2D eigenvalue weighted by Gasteiger charge is -2.30. The molecule has 0 fully saturated rings. The summed E-state index contributed by atoms with van der Waals surface area (Å²) in [7, 11) is 1.64. The second-order valence-corrected chi connectivity index (χ2v) is 4.08. The molecule has 18 heavy (non-hydrogen) atoms. The smallest absolute Gasteiger partial charge is 0.251 e. The van der Waals surface area contributed by atoms with Gasteiger partial charge < -0.3 is 21.1 Å². The Bertz CT molecular complexity index is 423. The maximum absolute atomic E-state index is 11.5. The molecule has 0 radical (unpaired) electrons. The van der Waals surface area contributed by atoms with Crippen LogP contribution in [0.1, 0.15) is 24.2 Å². The molecule has 0 aliphatic heterocycles. The van der Waals surface area contributed by atoms with Gasteiger partial charge >= 0.3 is 0 Å². The lowest BCUT2D eigenvalue weighted by Crippen LogP contribution is -2.37. The quantitative estimate of drug-likeness (QED) is 0.774. The van der Waals surface area contributed by atoms with E-state index in [9.17, 15) is 4.79 Å². The van der Waals surface area contributed by atoms with Crippen LogP contribution in [-0.4, -0.2) is 37.2 Å². The van der Waals surface area contributed by atoms with E-state index in [-0.39, 0.29) is 11.9 Å². The molecule has 1 aromatic rings. The van der Waals surface area contributed by atoms with Crippen molar-refractivity contribution in [3.05, 3.63) is 17.8 Å². The SMILES string of the molecule is CCN(c1cnc(N)cc1C(N)=O)C(C)COC. The summed E-state index contributed by atoms with van der Waals surface area (Å²) in [5, 5.41) is 0. The first kappa shape index (κ1) is 14.2. The zero-order valence-electron chi connectivity index (χ0n) is 11.0. The summed E-state index contributed by atoms with van der Waals surface area (Å²) in [6.07, 6.45) is 1.57. The molecule has 4 N–H and O–H groups in total. The zero-order chi connectivity index (χ0) is 13.7. The number of nitrogens with two attached hydrogens (primary N) is 2. The van der Waals surface area contributed by atoms with Crippen molar-refractivity contribution in [1.29, 1.82) is 0 Å². The molecule has 0 saturated heterocycles. The van der Waals surface area contributed by atoms with E-state index in [1.807, 2.05) is 18.7 Å². The minimum Gasteiger partial charge on any atom is -0.384 e. The van der Waals surface area contributed by atoms with E-state index in [0.717, 1.165) is 6.54 Å². The third-order valence-electron chi connectivity index (χ3n) is 2.76. The molecule has 0 bridgehead atoms. The van der Waals surface area contributed by atoms with Crippen molar-refractivity contribution >= 4 is 17.4 Å². The van der Waals surface area contributed by atoms with Gasteiger partial charge in [-0.05, 0) is 19.9 Å². The highest BCUT2D eigenvalue weighted by Gasteiger charge is 2.19. The fourth-order valence-electron chi connectivity index (χ4n) is 1.94. The molecule has 1 rings (SSSR count). The average Bonchev–Trinajstić information content (AvgIpc) is 2.32. The van der Waals surface area contributed by atoms with Gasteiger partial charge in [0.25, 0.3) is 5.91 Å². The number of nitrogens with zero attached hydrogens (tertiary/aromatic N) is 2. The number of carbonyl (C=O) groups excluding carboxylic acids is 1. The zero-order valence-corrected chi connectivity index (χ0v) is 11.0. The first-order valence-electron chi connectivity index (χ1n) is 5.82. The first-order valence-corrected chi connectivity index (χ1v) is 5.82. The monoisotopic (exact) mass is 252 g/mol. The third-order valence-corrected chi connectivity index (χ3v) is 2.76. The van der Waals surface area contributed by atoms with Crippen molar-refractivity contribution in [2.75, 3.05) is 30.9 Å². The topological polar surface area (TPSA) is 94.5 Å². The van der Waals surface area contributed by atoms with E-state index >= 15 is 0 Å². The molecule has 6 nitrogen and oxygen atoms in total. The lowest BCUT2D eigenvalue weighted by molar-refractivity contribution is 0.100. The number of methoxy groups -OCH3 is 1. The maximum Gasteiger partial charge on any atom is 0.251 e. The standard InChI is InChI=1S/C12H20N4O2/c1-4-16(8(2)7-18-3)10-6-15-11(13)5-9(10)12(14)17/h5-6,8H,4,7H2,1-3H3,(H2,13,15)(H2,14,17). The average molecular weight is 252 g/mol. The summed E-state index contributed by atoms with van der Waals surface area (Å²) in [5.41, 5.74) is 12.0. The van der Waals surface area contributed by atoms with Gasteiger partial charge in [-0.25, -0.2) is 4.98 Å². The molecule has 6 heteroatoms. The number of nitrogen functional groups attached to an aromatic ring is 1. The minimum absolute atomic E-state index is 0.114. The second-order valence-electron chi connectivity index (χ2n) is 4.08. The Morgan fingerprint density at radius 2 is 2.28 bits per heavy atom. The van der Waals surface area contributed by atoms with Crippen molar-refractivity contribution in [2.45, 2.75) is 19.9 Å². The number of ether oxygens (including phenoxy) is 1. The number of hydrogen-bond acceptors (Lipinski definition) is 5. The van der Waals surface area contributed by atoms with Crippen molar-refractivity contribution in [1.82, 2.24) is 4.98 Å². The maximum atomic E-state index is 11.5. The van der Waals surface area contributed by atoms with Crippen LogP contribution in [0.4, 0.5) is 11.5 Å². The van der Waals surface area contributed by atoms with E-state index in [1.54, 1.807) is 13.3 Å². The number of likely N-dealkylation sites (N-methyl/N-ethyl adjacent to an activating group) is 1. The molecule has 0 aromatic carbocycles. The predicted octanol–water partition coefficient (Wildman–Crippen LogP) is 0.624. The number of primary amides is 1. The van der Waals surface area contributed by atoms with Gasteiger partial charge in [-0.15, -0.1) is 0 Å². The molecule has 1 amide bonds. The van der Waals surface area contributed by atoms with Gasteiger partial charge in [0, 0.05) is 19.7 Å². The number of pyridine rings is 1. The Hall–Kier alpha value is -1.82. The Balaban J connectivity index is 3.16. The molecule has 1 atom stereocenters. The molecule has 0 spiro atoms. The number of anilines is 2. The first-order chi connectivity index (χ1) is 8.51. The van der Waals surface area contributed by atoms with Crippen LogP contribution >= 0.6 is 0 Å². The van der Waals surface area contributed by atoms with E-state index in [0.29, 0.717) is 17.9 Å². The summed E-state index contributed by atoms with van der Waals surface area (Å²) in [4.78, 5) is 17.5. The van der Waals surface area contributed by atoms with Gasteiger partial charge in [0.1, 0.15) is 5.82 Å². The number of aromatic nitrogens is 1. The van der Waals surface area contributed by atoms with Crippen LogP contribution in [-0.2, 0) is 4.74 Å². The third kappa shape index (κ3) is 3.10. The van der Waals surface area contributed by atoms with Crippen LogP contribution < -0.4 is 16.4 Å². The van der Waals surface area contributed by atoms with Crippen LogP contribution in [0.3, 0.4) is 0 Å². The molecular formula is C12H20N4O2. The van der Waals surface area contributed by atoms with E-state index in [1.165, 1.54) is 6.07 Å². The summed E-state index contributed by atoms with van der Waals surface area (Å²) >= 11 is 0. The van der Waals surface area contributed by atoms with Crippen LogP contribution in [0, 0.1) is 0 Å². The van der Waals surface area contributed by atoms with Crippen molar-refractivity contribution in [3.63, 3.8) is 0 Å². The molecule has 0 aliphatic rings.